The van der Waals surface area contributed by atoms with Gasteiger partial charge in [0, 0.05) is 18.7 Å². The second kappa shape index (κ2) is 3.76. The number of ether oxygens (including phenoxy) is 1. The van der Waals surface area contributed by atoms with Crippen molar-refractivity contribution >= 4 is 5.97 Å². The summed E-state index contributed by atoms with van der Waals surface area (Å²) < 4.78 is 6.06. The predicted molar refractivity (Wildman–Crippen MR) is 46.8 cm³/mol. The minimum Gasteiger partial charge on any atom is -0.459 e. The lowest BCUT2D eigenvalue weighted by Crippen LogP contribution is -1.95. The van der Waals surface area contributed by atoms with Crippen molar-refractivity contribution in [3.63, 3.8) is 0 Å². The van der Waals surface area contributed by atoms with Gasteiger partial charge in [-0.1, -0.05) is 0 Å². The van der Waals surface area contributed by atoms with Crippen molar-refractivity contribution in [2.45, 2.75) is 6.92 Å². The van der Waals surface area contributed by atoms with E-state index in [1.165, 1.54) is 7.11 Å². The molecule has 1 aromatic rings. The third-order valence-corrected chi connectivity index (χ3v) is 1.59. The van der Waals surface area contributed by atoms with Crippen LogP contribution in [0, 0.1) is 18.8 Å². The van der Waals surface area contributed by atoms with Crippen LogP contribution >= 0.6 is 0 Å². The lowest BCUT2D eigenvalue weighted by Gasteiger charge is -1.87. The molecule has 1 rings (SSSR count). The van der Waals surface area contributed by atoms with Crippen molar-refractivity contribution in [2.75, 3.05) is 7.11 Å². The smallest absolute Gasteiger partial charge is 0.384 e. The molecular formula is C9H10N2O2. The average molecular weight is 178 g/mol. The highest BCUT2D eigenvalue weighted by Crippen LogP contribution is 1.98. The minimum atomic E-state index is -0.552. The highest BCUT2D eigenvalue weighted by atomic mass is 16.5. The number of hydrogen-bond donors (Lipinski definition) is 0. The van der Waals surface area contributed by atoms with Crippen molar-refractivity contribution in [1.29, 1.82) is 0 Å². The number of carbonyl (C=O) groups excluding carboxylic acids is 1. The predicted octanol–water partition coefficient (Wildman–Crippen LogP) is 0.253. The largest absolute Gasteiger partial charge is 0.459 e. The fraction of sp³-hybridized carbons (Fsp3) is 0.333. The van der Waals surface area contributed by atoms with Crippen molar-refractivity contribution < 1.29 is 9.53 Å². The molecule has 0 bridgehead atoms. The fourth-order valence-corrected chi connectivity index (χ4v) is 0.788. The van der Waals surface area contributed by atoms with E-state index in [2.05, 4.69) is 21.7 Å². The van der Waals surface area contributed by atoms with Crippen LogP contribution < -0.4 is 0 Å². The van der Waals surface area contributed by atoms with Crippen LogP contribution in [0.15, 0.2) is 6.07 Å². The number of aryl methyl sites for hydroxylation is 2. The maximum absolute atomic E-state index is 10.6. The van der Waals surface area contributed by atoms with Crippen molar-refractivity contribution in [1.82, 2.24) is 9.78 Å². The molecule has 0 spiro atoms. The maximum Gasteiger partial charge on any atom is 0.384 e. The zero-order valence-electron chi connectivity index (χ0n) is 7.79. The first-order valence-corrected chi connectivity index (χ1v) is 3.74. The summed E-state index contributed by atoms with van der Waals surface area (Å²) >= 11 is 0. The Morgan fingerprint density at radius 1 is 1.69 bits per heavy atom. The van der Waals surface area contributed by atoms with E-state index in [1.807, 2.05) is 14.0 Å². The Hall–Kier alpha value is -1.76. The lowest BCUT2D eigenvalue weighted by atomic mass is 10.4. The Labute approximate surface area is 76.5 Å². The van der Waals surface area contributed by atoms with E-state index in [0.29, 0.717) is 5.69 Å². The van der Waals surface area contributed by atoms with E-state index in [0.717, 1.165) is 5.69 Å². The van der Waals surface area contributed by atoms with Crippen LogP contribution in [-0.2, 0) is 16.6 Å². The SMILES string of the molecule is COC(=O)C#Cc1cc(C)n(C)n1. The molecule has 68 valence electrons. The van der Waals surface area contributed by atoms with E-state index in [4.69, 9.17) is 0 Å². The van der Waals surface area contributed by atoms with Gasteiger partial charge in [-0.2, -0.15) is 5.10 Å². The van der Waals surface area contributed by atoms with Gasteiger partial charge in [-0.05, 0) is 18.9 Å². The molecule has 13 heavy (non-hydrogen) atoms. The topological polar surface area (TPSA) is 44.1 Å². The molecule has 0 aliphatic carbocycles. The number of aromatic nitrogens is 2. The molecule has 0 aromatic carbocycles. The molecular weight excluding hydrogens is 168 g/mol. The number of nitrogens with zero attached hydrogens (tertiary/aromatic N) is 2. The van der Waals surface area contributed by atoms with Crippen LogP contribution in [0.4, 0.5) is 0 Å². The van der Waals surface area contributed by atoms with Gasteiger partial charge in [0.1, 0.15) is 5.69 Å². The van der Waals surface area contributed by atoms with Crippen LogP contribution in [0.5, 0.6) is 0 Å². The van der Waals surface area contributed by atoms with Gasteiger partial charge in [0.15, 0.2) is 0 Å². The van der Waals surface area contributed by atoms with Gasteiger partial charge in [-0.3, -0.25) is 4.68 Å². The van der Waals surface area contributed by atoms with Crippen LogP contribution in [0.1, 0.15) is 11.4 Å². The second-order valence-corrected chi connectivity index (χ2v) is 2.54. The molecule has 0 fully saturated rings. The first-order valence-electron chi connectivity index (χ1n) is 3.74. The summed E-state index contributed by atoms with van der Waals surface area (Å²) in [6, 6.07) is 1.80. The van der Waals surface area contributed by atoms with Gasteiger partial charge in [-0.15, -0.1) is 0 Å². The summed E-state index contributed by atoms with van der Waals surface area (Å²) in [6.07, 6.45) is 0. The number of rotatable bonds is 0. The number of esters is 1. The molecule has 4 heteroatoms. The van der Waals surface area contributed by atoms with Gasteiger partial charge in [0.25, 0.3) is 0 Å². The lowest BCUT2D eigenvalue weighted by molar-refractivity contribution is -0.133. The molecule has 0 aliphatic heterocycles. The summed E-state index contributed by atoms with van der Waals surface area (Å²) in [5, 5.41) is 4.05. The Bertz CT molecular complexity index is 363. The van der Waals surface area contributed by atoms with Gasteiger partial charge < -0.3 is 4.74 Å². The standard InChI is InChI=1S/C9H10N2O2/c1-7-6-8(10-11(7)2)4-5-9(12)13-3/h6H,1-3H3. The fourth-order valence-electron chi connectivity index (χ4n) is 0.788. The second-order valence-electron chi connectivity index (χ2n) is 2.54. The molecule has 0 unspecified atom stereocenters. The van der Waals surface area contributed by atoms with E-state index in [9.17, 15) is 4.79 Å². The van der Waals surface area contributed by atoms with Crippen molar-refractivity contribution in [3.05, 3.63) is 17.5 Å². The molecule has 0 atom stereocenters. The van der Waals surface area contributed by atoms with Crippen molar-refractivity contribution in [2.24, 2.45) is 7.05 Å². The van der Waals surface area contributed by atoms with Crippen LogP contribution in [0.2, 0.25) is 0 Å². The van der Waals surface area contributed by atoms with Gasteiger partial charge in [0.2, 0.25) is 0 Å². The van der Waals surface area contributed by atoms with E-state index >= 15 is 0 Å². The van der Waals surface area contributed by atoms with Gasteiger partial charge in [0.05, 0.1) is 7.11 Å². The first kappa shape index (κ1) is 9.33. The normalized spacial score (nSPS) is 8.85. The van der Waals surface area contributed by atoms with Crippen LogP contribution in [0.3, 0.4) is 0 Å². The summed E-state index contributed by atoms with van der Waals surface area (Å²) in [6.45, 7) is 1.91. The zero-order valence-corrected chi connectivity index (χ0v) is 7.79. The van der Waals surface area contributed by atoms with Gasteiger partial charge >= 0.3 is 5.97 Å². The number of methoxy groups -OCH3 is 1. The molecule has 0 saturated heterocycles. The molecule has 0 N–H and O–H groups in total. The molecule has 0 saturated carbocycles. The molecule has 0 amide bonds. The first-order chi connectivity index (χ1) is 6.13. The Morgan fingerprint density at radius 3 is 2.85 bits per heavy atom. The van der Waals surface area contributed by atoms with E-state index in [-0.39, 0.29) is 0 Å². The Kier molecular flexibility index (Phi) is 2.70. The molecule has 0 aliphatic rings. The zero-order chi connectivity index (χ0) is 9.84. The summed E-state index contributed by atoms with van der Waals surface area (Å²) in [7, 11) is 3.11. The molecule has 1 heterocycles. The Balaban J connectivity index is 2.84. The van der Waals surface area contributed by atoms with Gasteiger partial charge in [-0.25, -0.2) is 4.79 Å². The molecule has 0 radical (unpaired) electrons. The van der Waals surface area contributed by atoms with E-state index in [1.54, 1.807) is 10.7 Å². The highest BCUT2D eigenvalue weighted by molar-refractivity contribution is 5.88. The average Bonchev–Trinajstić information content (AvgIpc) is 2.42. The Morgan fingerprint density at radius 2 is 2.38 bits per heavy atom. The summed E-state index contributed by atoms with van der Waals surface area (Å²) in [5.74, 6) is 4.35. The minimum absolute atomic E-state index is 0.552. The quantitative estimate of drug-likeness (QED) is 0.422. The summed E-state index contributed by atoms with van der Waals surface area (Å²) in [4.78, 5) is 10.6. The number of carbonyl (C=O) groups is 1. The molecule has 4 nitrogen and oxygen atoms in total. The van der Waals surface area contributed by atoms with E-state index < -0.39 is 5.97 Å². The molecule has 1 aromatic heterocycles. The van der Waals surface area contributed by atoms with Crippen LogP contribution in [-0.4, -0.2) is 22.9 Å². The van der Waals surface area contributed by atoms with Crippen LogP contribution in [0.25, 0.3) is 0 Å². The third kappa shape index (κ3) is 2.34. The third-order valence-electron chi connectivity index (χ3n) is 1.59. The summed E-state index contributed by atoms with van der Waals surface area (Å²) in [5.41, 5.74) is 1.57. The van der Waals surface area contributed by atoms with Crippen molar-refractivity contribution in [3.8, 4) is 11.8 Å². The monoisotopic (exact) mass is 178 g/mol. The maximum atomic E-state index is 10.6. The number of hydrogen-bond acceptors (Lipinski definition) is 3. The highest BCUT2D eigenvalue weighted by Gasteiger charge is 1.97.